The number of aromatic nitrogens is 2. The highest BCUT2D eigenvalue weighted by Crippen LogP contribution is 2.30. The van der Waals surface area contributed by atoms with E-state index in [2.05, 4.69) is 16.5 Å². The van der Waals surface area contributed by atoms with Crippen LogP contribution < -0.4 is 15.0 Å². The van der Waals surface area contributed by atoms with Gasteiger partial charge < -0.3 is 19.7 Å². The molecule has 1 saturated heterocycles. The van der Waals surface area contributed by atoms with E-state index in [0.717, 1.165) is 16.9 Å². The summed E-state index contributed by atoms with van der Waals surface area (Å²) in [5.41, 5.74) is 3.69. The highest BCUT2D eigenvalue weighted by molar-refractivity contribution is 7.91. The number of anilines is 1. The van der Waals surface area contributed by atoms with E-state index in [-0.39, 0.29) is 41.7 Å². The predicted octanol–water partition coefficient (Wildman–Crippen LogP) is 6.01. The van der Waals surface area contributed by atoms with E-state index in [1.54, 1.807) is 54.2 Å². The van der Waals surface area contributed by atoms with Crippen LogP contribution in [0.15, 0.2) is 90.1 Å². The van der Waals surface area contributed by atoms with Crippen LogP contribution in [0.4, 0.5) is 14.5 Å². The minimum Gasteiger partial charge on any atom is -0.489 e. The molecule has 3 atom stereocenters. The summed E-state index contributed by atoms with van der Waals surface area (Å²) in [6, 6.07) is 21.8. The molecule has 5 rings (SSSR count). The third-order valence-corrected chi connectivity index (χ3v) is 9.99. The Kier molecular flexibility index (Phi) is 11.1. The number of amides is 1. The lowest BCUT2D eigenvalue weighted by molar-refractivity contribution is -0.131. The van der Waals surface area contributed by atoms with Gasteiger partial charge in [0.15, 0.2) is 9.84 Å². The number of carbonyl (C=O) groups excluding carboxylic acids is 1. The second-order valence-electron chi connectivity index (χ2n) is 11.6. The van der Waals surface area contributed by atoms with E-state index in [4.69, 9.17) is 14.7 Å². The van der Waals surface area contributed by atoms with Gasteiger partial charge in [0.1, 0.15) is 11.9 Å². The van der Waals surface area contributed by atoms with Gasteiger partial charge >= 0.3 is 6.61 Å². The van der Waals surface area contributed by atoms with Gasteiger partial charge in [0.25, 0.3) is 5.91 Å². The van der Waals surface area contributed by atoms with E-state index in [1.807, 2.05) is 42.3 Å². The average Bonchev–Trinajstić information content (AvgIpc) is 3.71. The van der Waals surface area contributed by atoms with Crippen molar-refractivity contribution >= 4 is 21.4 Å². The first-order chi connectivity index (χ1) is 23.1. The fraction of sp³-hybridized carbons (Fsp3) is 0.343. The molecule has 0 radical (unpaired) electrons. The van der Waals surface area contributed by atoms with Crippen molar-refractivity contribution in [3.63, 3.8) is 0 Å². The molecule has 1 aromatic heterocycles. The first-order valence-electron chi connectivity index (χ1n) is 15.6. The summed E-state index contributed by atoms with van der Waals surface area (Å²) < 4.78 is 63.1. The van der Waals surface area contributed by atoms with Crippen molar-refractivity contribution in [1.82, 2.24) is 15.1 Å². The molecule has 1 amide bonds. The molecule has 1 aliphatic heterocycles. The molecular weight excluding hydrogens is 640 g/mol. The lowest BCUT2D eigenvalue weighted by atomic mass is 10.0. The first kappa shape index (κ1) is 34.5. The quantitative estimate of drug-likeness (QED) is 0.172. The van der Waals surface area contributed by atoms with Crippen LogP contribution in [-0.4, -0.2) is 61.8 Å². The van der Waals surface area contributed by atoms with Crippen molar-refractivity contribution < 1.29 is 31.5 Å². The van der Waals surface area contributed by atoms with Crippen molar-refractivity contribution in [2.24, 2.45) is 0 Å². The summed E-state index contributed by atoms with van der Waals surface area (Å²) in [5.74, 6) is 0.245. The minimum atomic E-state index is -3.38. The van der Waals surface area contributed by atoms with Crippen LogP contribution in [0.1, 0.15) is 53.7 Å². The zero-order valence-electron chi connectivity index (χ0n) is 26.6. The maximum absolute atomic E-state index is 13.3. The third-order valence-electron chi connectivity index (χ3n) is 8.24. The number of nitrogens with one attached hydrogen (secondary N) is 1. The number of ether oxygens (including phenoxy) is 2. The van der Waals surface area contributed by atoms with Crippen LogP contribution in [0.3, 0.4) is 0 Å². The van der Waals surface area contributed by atoms with Gasteiger partial charge in [0.2, 0.25) is 0 Å². The van der Waals surface area contributed by atoms with Crippen molar-refractivity contribution in [3.05, 3.63) is 102 Å². The number of hydrogen-bond acceptors (Lipinski definition) is 8. The van der Waals surface area contributed by atoms with Crippen LogP contribution in [0.2, 0.25) is 0 Å². The number of carbonyl (C=O) groups is 1. The molecule has 3 aromatic carbocycles. The van der Waals surface area contributed by atoms with Crippen molar-refractivity contribution in [2.45, 2.75) is 62.8 Å². The zero-order chi connectivity index (χ0) is 34.3. The monoisotopic (exact) mass is 677 g/mol. The van der Waals surface area contributed by atoms with E-state index < -0.39 is 22.5 Å². The van der Waals surface area contributed by atoms with Gasteiger partial charge in [-0.1, -0.05) is 19.1 Å². The molecule has 4 aromatic rings. The Labute approximate surface area is 278 Å². The number of sulfone groups is 1. The summed E-state index contributed by atoms with van der Waals surface area (Å²) in [7, 11) is -3.38. The summed E-state index contributed by atoms with van der Waals surface area (Å²) in [5, 5.41) is 16.4. The largest absolute Gasteiger partial charge is 0.489 e. The Morgan fingerprint density at radius 2 is 1.75 bits per heavy atom. The number of halogens is 2. The van der Waals surface area contributed by atoms with Gasteiger partial charge in [-0.15, -0.1) is 0 Å². The number of benzene rings is 3. The third kappa shape index (κ3) is 8.56. The highest BCUT2D eigenvalue weighted by atomic mass is 32.2. The molecule has 0 saturated carbocycles. The molecule has 1 aliphatic rings. The standard InChI is InChI=1S/C35H37F2N5O5S/c1-3-48(44,45)32-16-8-25(9-17-32)33(5-4-18-38)40-34(43)26-6-10-27(11-7-26)41-22-31(19-29(41)23-46-35(36)37)47-30-14-12-28(13-15-30)42-21-24(2)20-39-42/h6-17,20-21,29,31,33,35H,3-5,19,22-23H2,1-2H3,(H,40,43)/t29-,31-,33?/m0/s1. The Balaban J connectivity index is 1.26. The number of nitriles is 1. The number of rotatable bonds is 14. The SMILES string of the molecule is CCS(=O)(=O)c1ccc(C(CCC#N)NC(=O)c2ccc(N3C[C@@H](Oc4ccc(-n5cc(C)cn5)cc4)C[C@H]3COC(F)F)cc2)cc1. The zero-order valence-corrected chi connectivity index (χ0v) is 27.4. The van der Waals surface area contributed by atoms with Gasteiger partial charge in [-0.05, 0) is 85.1 Å². The second-order valence-corrected chi connectivity index (χ2v) is 13.9. The Hall–Kier alpha value is -4.80. The molecule has 1 N–H and O–H groups in total. The summed E-state index contributed by atoms with van der Waals surface area (Å²) in [4.78, 5) is 15.4. The number of alkyl halides is 2. The van der Waals surface area contributed by atoms with Gasteiger partial charge in [0, 0.05) is 30.3 Å². The van der Waals surface area contributed by atoms with E-state index >= 15 is 0 Å². The van der Waals surface area contributed by atoms with Crippen LogP contribution >= 0.6 is 0 Å². The lowest BCUT2D eigenvalue weighted by Gasteiger charge is -2.26. The summed E-state index contributed by atoms with van der Waals surface area (Å²) >= 11 is 0. The smallest absolute Gasteiger partial charge is 0.345 e. The van der Waals surface area contributed by atoms with Gasteiger partial charge in [-0.3, -0.25) is 4.79 Å². The number of aryl methyl sites for hydroxylation is 1. The van der Waals surface area contributed by atoms with E-state index in [1.165, 1.54) is 12.1 Å². The molecule has 1 unspecified atom stereocenters. The highest BCUT2D eigenvalue weighted by Gasteiger charge is 2.34. The number of hydrogen-bond donors (Lipinski definition) is 1. The van der Waals surface area contributed by atoms with Crippen molar-refractivity contribution in [1.29, 1.82) is 5.26 Å². The summed E-state index contributed by atoms with van der Waals surface area (Å²) in [6.45, 7) is 0.851. The predicted molar refractivity (Wildman–Crippen MR) is 176 cm³/mol. The lowest BCUT2D eigenvalue weighted by Crippen LogP contribution is -2.34. The molecule has 252 valence electrons. The summed E-state index contributed by atoms with van der Waals surface area (Å²) in [6.07, 6.45) is 4.38. The van der Waals surface area contributed by atoms with Crippen molar-refractivity contribution in [3.8, 4) is 17.5 Å². The van der Waals surface area contributed by atoms with E-state index in [9.17, 15) is 22.0 Å². The molecule has 0 bridgehead atoms. The molecule has 0 aliphatic carbocycles. The van der Waals surface area contributed by atoms with Gasteiger partial charge in [0.05, 0.1) is 53.8 Å². The van der Waals surface area contributed by atoms with Crippen molar-refractivity contribution in [2.75, 3.05) is 23.8 Å². The first-order valence-corrected chi connectivity index (χ1v) is 17.3. The van der Waals surface area contributed by atoms with E-state index in [0.29, 0.717) is 36.3 Å². The van der Waals surface area contributed by atoms with Gasteiger partial charge in [-0.25, -0.2) is 13.1 Å². The van der Waals surface area contributed by atoms with Crippen LogP contribution in [0.5, 0.6) is 5.75 Å². The van der Waals surface area contributed by atoms with Crippen LogP contribution in [0.25, 0.3) is 5.69 Å². The van der Waals surface area contributed by atoms with Crippen LogP contribution in [0, 0.1) is 18.3 Å². The molecule has 10 nitrogen and oxygen atoms in total. The normalized spacial score (nSPS) is 16.9. The molecule has 48 heavy (non-hydrogen) atoms. The Morgan fingerprint density at radius 1 is 1.06 bits per heavy atom. The molecule has 2 heterocycles. The average molecular weight is 678 g/mol. The second kappa shape index (κ2) is 15.4. The Morgan fingerprint density at radius 3 is 2.35 bits per heavy atom. The van der Waals surface area contributed by atoms with Gasteiger partial charge in [-0.2, -0.15) is 19.1 Å². The van der Waals surface area contributed by atoms with Crippen LogP contribution in [-0.2, 0) is 14.6 Å². The fourth-order valence-electron chi connectivity index (χ4n) is 5.69. The topological polar surface area (TPSA) is 127 Å². The molecule has 13 heteroatoms. The molecule has 0 spiro atoms. The molecule has 1 fully saturated rings. The molecular formula is C35H37F2N5O5S. The maximum atomic E-state index is 13.3. The minimum absolute atomic E-state index is 0.0248. The Bertz CT molecular complexity index is 1820. The number of nitrogens with zero attached hydrogens (tertiary/aromatic N) is 4. The maximum Gasteiger partial charge on any atom is 0.345 e. The fourth-order valence-corrected chi connectivity index (χ4v) is 6.58.